The van der Waals surface area contributed by atoms with Crippen LogP contribution < -0.4 is 4.74 Å². The van der Waals surface area contributed by atoms with Gasteiger partial charge in [0.25, 0.3) is 0 Å². The van der Waals surface area contributed by atoms with Crippen molar-refractivity contribution < 1.29 is 32.9 Å². The van der Waals surface area contributed by atoms with E-state index in [1.54, 1.807) is 18.7 Å². The largest absolute Gasteiger partial charge is 0.490 e. The molecule has 0 unspecified atom stereocenters. The van der Waals surface area contributed by atoms with Crippen molar-refractivity contribution in [2.45, 2.75) is 106 Å². The maximum atomic E-state index is 16.0. The molecule has 0 saturated carbocycles. The van der Waals surface area contributed by atoms with Crippen LogP contribution in [0.1, 0.15) is 91.9 Å². The Labute approximate surface area is 306 Å². The summed E-state index contributed by atoms with van der Waals surface area (Å²) in [6.45, 7) is 16.7. The van der Waals surface area contributed by atoms with E-state index in [0.29, 0.717) is 60.7 Å². The Balaban J connectivity index is 1.48. The molecule has 4 aromatic rings. The quantitative estimate of drug-likeness (QED) is 0.169. The van der Waals surface area contributed by atoms with Crippen LogP contribution in [0, 0.1) is 26.6 Å². The van der Waals surface area contributed by atoms with Crippen LogP contribution in [-0.4, -0.2) is 46.8 Å². The molecule has 1 amide bonds. The molecular weight excluding hydrogens is 659 g/mol. The number of hydrogen-bond acceptors (Lipinski definition) is 7. The van der Waals surface area contributed by atoms with Crippen LogP contribution in [0.3, 0.4) is 0 Å². The van der Waals surface area contributed by atoms with Gasteiger partial charge in [0.05, 0.1) is 18.3 Å². The van der Waals surface area contributed by atoms with Crippen molar-refractivity contribution >= 4 is 12.1 Å². The minimum atomic E-state index is -1.13. The molecule has 3 aromatic carbocycles. The third-order valence-electron chi connectivity index (χ3n) is 9.58. The van der Waals surface area contributed by atoms with E-state index in [0.717, 1.165) is 51.1 Å². The van der Waals surface area contributed by atoms with E-state index in [1.807, 2.05) is 84.0 Å². The third kappa shape index (κ3) is 7.84. The van der Waals surface area contributed by atoms with Crippen molar-refractivity contribution in [1.29, 1.82) is 0 Å². The molecule has 0 fully saturated rings. The molecule has 0 radical (unpaired) electrons. The second-order valence-electron chi connectivity index (χ2n) is 15.0. The van der Waals surface area contributed by atoms with Crippen LogP contribution in [0.2, 0.25) is 0 Å². The summed E-state index contributed by atoms with van der Waals surface area (Å²) in [5.41, 5.74) is 8.93. The monoisotopic (exact) mass is 708 g/mol. The summed E-state index contributed by atoms with van der Waals surface area (Å²) >= 11 is 0. The average Bonchev–Trinajstić information content (AvgIpc) is 3.10. The number of esters is 1. The third-order valence-corrected chi connectivity index (χ3v) is 9.58. The maximum absolute atomic E-state index is 16.0. The molecule has 52 heavy (non-hydrogen) atoms. The molecule has 0 saturated heterocycles. The summed E-state index contributed by atoms with van der Waals surface area (Å²) in [7, 11) is 0. The maximum Gasteiger partial charge on any atom is 0.410 e. The first-order chi connectivity index (χ1) is 24.7. The predicted molar refractivity (Wildman–Crippen MR) is 199 cm³/mol. The summed E-state index contributed by atoms with van der Waals surface area (Å²) in [6, 6.07) is 17.3. The molecule has 1 atom stereocenters. The molecule has 3 heterocycles. The van der Waals surface area contributed by atoms with Gasteiger partial charge in [-0.3, -0.25) is 4.98 Å². The first-order valence-corrected chi connectivity index (χ1v) is 18.1. The van der Waals surface area contributed by atoms with Gasteiger partial charge in [-0.1, -0.05) is 48.5 Å². The highest BCUT2D eigenvalue weighted by Gasteiger charge is 2.36. The number of ether oxygens (including phenoxy) is 4. The van der Waals surface area contributed by atoms with Crippen LogP contribution in [0.25, 0.3) is 22.3 Å². The molecule has 2 aliphatic heterocycles. The van der Waals surface area contributed by atoms with Crippen molar-refractivity contribution in [3.8, 4) is 28.0 Å². The zero-order chi connectivity index (χ0) is 37.3. The average molecular weight is 709 g/mol. The summed E-state index contributed by atoms with van der Waals surface area (Å²) in [5.74, 6) is -0.683. The Bertz CT molecular complexity index is 1980. The summed E-state index contributed by atoms with van der Waals surface area (Å²) in [5, 5.41) is 0. The molecule has 0 spiro atoms. The number of fused-ring (bicyclic) bond motifs is 2. The number of aryl methyl sites for hydroxylation is 2. The fraction of sp³-hybridized carbons (Fsp3) is 0.419. The predicted octanol–water partition coefficient (Wildman–Crippen LogP) is 9.31. The first-order valence-electron chi connectivity index (χ1n) is 18.1. The SMILES string of the molecule is Cc1nc(C)c([C@H](OC(C)(C)C)C(=O)OC(C)C)c(-c2cc(F)c3c(c2C)CCCO3)c1-c1ccc2c(c1)CCN(C(=O)OCc1ccccc1)C2. The molecule has 274 valence electrons. The summed E-state index contributed by atoms with van der Waals surface area (Å²) in [4.78, 5) is 33.7. The van der Waals surface area contributed by atoms with E-state index in [-0.39, 0.29) is 18.8 Å². The Morgan fingerprint density at radius 2 is 1.71 bits per heavy atom. The van der Waals surface area contributed by atoms with Crippen molar-refractivity contribution in [2.24, 2.45) is 0 Å². The molecule has 0 aliphatic carbocycles. The topological polar surface area (TPSA) is 87.2 Å². The lowest BCUT2D eigenvalue weighted by atomic mass is 9.82. The van der Waals surface area contributed by atoms with Crippen LogP contribution in [0.15, 0.2) is 54.6 Å². The Hall–Kier alpha value is -4.76. The van der Waals surface area contributed by atoms with Gasteiger partial charge in [-0.05, 0) is 120 Å². The van der Waals surface area contributed by atoms with E-state index in [9.17, 15) is 9.59 Å². The second kappa shape index (κ2) is 15.1. The Morgan fingerprint density at radius 1 is 0.962 bits per heavy atom. The van der Waals surface area contributed by atoms with Gasteiger partial charge in [0.2, 0.25) is 0 Å². The minimum absolute atomic E-state index is 0.215. The van der Waals surface area contributed by atoms with Crippen LogP contribution in [0.4, 0.5) is 9.18 Å². The molecular formula is C43H49FN2O6. The van der Waals surface area contributed by atoms with Crippen LogP contribution >= 0.6 is 0 Å². The zero-order valence-corrected chi connectivity index (χ0v) is 31.5. The lowest BCUT2D eigenvalue weighted by Gasteiger charge is -2.32. The van der Waals surface area contributed by atoms with Crippen molar-refractivity contribution in [2.75, 3.05) is 13.2 Å². The van der Waals surface area contributed by atoms with E-state index in [4.69, 9.17) is 23.9 Å². The van der Waals surface area contributed by atoms with Crippen molar-refractivity contribution in [3.63, 3.8) is 0 Å². The van der Waals surface area contributed by atoms with E-state index in [1.165, 1.54) is 6.07 Å². The number of pyridine rings is 1. The zero-order valence-electron chi connectivity index (χ0n) is 31.5. The minimum Gasteiger partial charge on any atom is -0.490 e. The summed E-state index contributed by atoms with van der Waals surface area (Å²) < 4.78 is 39.8. The molecule has 0 N–H and O–H groups in total. The van der Waals surface area contributed by atoms with Crippen molar-refractivity contribution in [3.05, 3.63) is 105 Å². The number of carbonyl (C=O) groups is 2. The highest BCUT2D eigenvalue weighted by atomic mass is 19.1. The van der Waals surface area contributed by atoms with Crippen LogP contribution in [0.5, 0.6) is 5.75 Å². The van der Waals surface area contributed by atoms with Crippen LogP contribution in [-0.2, 0) is 45.0 Å². The molecule has 2 aliphatic rings. The number of amides is 1. The van der Waals surface area contributed by atoms with Gasteiger partial charge >= 0.3 is 12.1 Å². The van der Waals surface area contributed by atoms with E-state index >= 15 is 4.39 Å². The second-order valence-corrected chi connectivity index (χ2v) is 15.0. The van der Waals surface area contributed by atoms with Crippen molar-refractivity contribution in [1.82, 2.24) is 9.88 Å². The van der Waals surface area contributed by atoms with Gasteiger partial charge in [-0.2, -0.15) is 0 Å². The number of halogens is 1. The van der Waals surface area contributed by atoms with Gasteiger partial charge in [-0.15, -0.1) is 0 Å². The molecule has 0 bridgehead atoms. The highest BCUT2D eigenvalue weighted by molar-refractivity contribution is 5.93. The lowest BCUT2D eigenvalue weighted by Crippen LogP contribution is -2.36. The van der Waals surface area contributed by atoms with Gasteiger partial charge in [0.1, 0.15) is 6.61 Å². The molecule has 8 nitrogen and oxygen atoms in total. The number of benzene rings is 3. The standard InChI is InChI=1S/C43H49FN2O6/c1-25(2)51-41(47)40(52-43(6,7)8)37-28(5)45-27(4)36(38(37)34-22-35(44)39-33(26(34)3)15-12-20-49-39)31-16-17-32-23-46(19-18-30(32)21-31)42(48)50-24-29-13-10-9-11-14-29/h9-11,13-14,16-17,21-22,25,40H,12,15,18-20,23-24H2,1-8H3/t40-/m0/s1. The first kappa shape index (κ1) is 37.0. The van der Waals surface area contributed by atoms with Gasteiger partial charge in [-0.25, -0.2) is 14.0 Å². The molecule has 1 aromatic heterocycles. The number of aromatic nitrogens is 1. The Morgan fingerprint density at radius 3 is 2.42 bits per heavy atom. The number of hydrogen-bond donors (Lipinski definition) is 0. The number of nitrogens with zero attached hydrogens (tertiary/aromatic N) is 2. The highest BCUT2D eigenvalue weighted by Crippen LogP contribution is 2.47. The molecule has 6 rings (SSSR count). The fourth-order valence-corrected chi connectivity index (χ4v) is 7.28. The van der Waals surface area contributed by atoms with Gasteiger partial charge < -0.3 is 23.8 Å². The van der Waals surface area contributed by atoms with E-state index < -0.39 is 23.5 Å². The lowest BCUT2D eigenvalue weighted by molar-refractivity contribution is -0.171. The van der Waals surface area contributed by atoms with Gasteiger partial charge in [0, 0.05) is 41.2 Å². The fourth-order valence-electron chi connectivity index (χ4n) is 7.28. The molecule has 9 heteroatoms. The smallest absolute Gasteiger partial charge is 0.410 e. The Kier molecular flexibility index (Phi) is 10.7. The van der Waals surface area contributed by atoms with Gasteiger partial charge in [0.15, 0.2) is 17.7 Å². The number of rotatable bonds is 8. The number of carbonyl (C=O) groups excluding carboxylic acids is 2. The van der Waals surface area contributed by atoms with E-state index in [2.05, 4.69) is 6.07 Å². The summed E-state index contributed by atoms with van der Waals surface area (Å²) in [6.07, 6.45) is 0.229. The normalized spacial score (nSPS) is 14.7.